The van der Waals surface area contributed by atoms with Gasteiger partial charge in [0.1, 0.15) is 107 Å². The molecule has 0 spiro atoms. The van der Waals surface area contributed by atoms with E-state index in [1.54, 1.807) is 43.3 Å². The number of hydrogen-bond acceptors (Lipinski definition) is 26. The van der Waals surface area contributed by atoms with Gasteiger partial charge in [0.05, 0.1) is 67.3 Å². The van der Waals surface area contributed by atoms with Crippen LogP contribution < -0.4 is 5.32 Å². The van der Waals surface area contributed by atoms with Crippen molar-refractivity contribution in [3.8, 4) is 33.8 Å². The number of nitrogens with zero attached hydrogens (tertiary/aromatic N) is 9. The second kappa shape index (κ2) is 35.5. The Morgan fingerprint density at radius 3 is 1.74 bits per heavy atom. The van der Waals surface area contributed by atoms with Crippen LogP contribution in [0.3, 0.4) is 0 Å². The Morgan fingerprint density at radius 2 is 1.14 bits per heavy atom. The molecule has 3 aliphatic heterocycles. The Labute approximate surface area is 629 Å². The maximum atomic E-state index is 15.3. The van der Waals surface area contributed by atoms with Gasteiger partial charge in [0, 0.05) is 41.5 Å². The van der Waals surface area contributed by atoms with Crippen LogP contribution in [-0.2, 0) is 52.3 Å². The third-order valence-corrected chi connectivity index (χ3v) is 21.9. The lowest BCUT2D eigenvalue weighted by Crippen LogP contribution is -2.64. The number of carbonyl (C=O) groups is 4. The van der Waals surface area contributed by atoms with Crippen molar-refractivity contribution >= 4 is 23.6 Å². The predicted octanol–water partition coefficient (Wildman–Crippen LogP) is 4.50. The lowest BCUT2D eigenvalue weighted by Gasteiger charge is -2.48. The monoisotopic (exact) mass is 1540 g/mol. The van der Waals surface area contributed by atoms with Crippen molar-refractivity contribution in [1.29, 1.82) is 0 Å². The summed E-state index contributed by atoms with van der Waals surface area (Å²) in [6.07, 6.45) is -22.5. The number of aromatic nitrogens is 9. The normalized spacial score (nSPS) is 32.5. The van der Waals surface area contributed by atoms with E-state index in [-0.39, 0.29) is 86.5 Å². The molecule has 31 nitrogen and oxygen atoms in total. The molecule has 10 N–H and O–H groups in total. The Morgan fingerprint density at radius 1 is 0.573 bits per heavy atom. The first-order chi connectivity index (χ1) is 53.0. The van der Waals surface area contributed by atoms with E-state index in [0.29, 0.717) is 29.5 Å². The van der Waals surface area contributed by atoms with Gasteiger partial charge in [-0.15, -0.1) is 15.3 Å². The number of esters is 1. The summed E-state index contributed by atoms with van der Waals surface area (Å²) in [5.74, 6) is -7.16. The molecule has 3 saturated heterocycles. The Balaban J connectivity index is 0.783. The minimum absolute atomic E-state index is 0.000592. The first-order valence-electron chi connectivity index (χ1n) is 37.3. The summed E-state index contributed by atoms with van der Waals surface area (Å²) in [6.45, 7) is 2.13. The molecule has 6 aliphatic rings. The van der Waals surface area contributed by atoms with Crippen molar-refractivity contribution in [1.82, 2.24) is 50.3 Å². The SMILES string of the molecule is CCC1O[C@@H](O[C@@H]2C[C@@H](C(=O)NCCCC(=O)C3C[C@@H](n4cc(-c5cccc(F)c5)nn4)C(O[C@@H]4OC(C)[C@@H](O)[C@H](O)C4O)[C@H](O[C@@H]4O[C@@H](CO)[C@H](O)C(O[C@@H](CC5CCCCC5)C(=O)O)C4OC(=O)c4ccccc4)C3)CC(n3cc(-c4cccc(F)c4)nn3)C2O)C(O)[C@H](n2cc(-c3cccc(F)c3)nn2)[C@H]1O. The molecule has 1 amide bonds. The third kappa shape index (κ3) is 18.0. The zero-order valence-electron chi connectivity index (χ0n) is 60.2. The number of carbonyl (C=O) groups excluding carboxylic acids is 3. The summed E-state index contributed by atoms with van der Waals surface area (Å²) in [5, 5.41) is 132. The molecule has 10 unspecified atom stereocenters. The molecule has 3 aromatic heterocycles. The van der Waals surface area contributed by atoms with Gasteiger partial charge < -0.3 is 89.2 Å². The first kappa shape index (κ1) is 79.6. The largest absolute Gasteiger partial charge is 0.479 e. The molecule has 24 atom stereocenters. The molecule has 13 rings (SSSR count). The van der Waals surface area contributed by atoms with Gasteiger partial charge in [0.25, 0.3) is 0 Å². The second-order valence-electron chi connectivity index (χ2n) is 29.3. The van der Waals surface area contributed by atoms with Crippen LogP contribution in [0, 0.1) is 35.2 Å². The molecule has 3 saturated carbocycles. The van der Waals surface area contributed by atoms with Gasteiger partial charge in [-0.1, -0.05) is 109 Å². The molecule has 7 aromatic rings. The summed E-state index contributed by atoms with van der Waals surface area (Å²) in [5.41, 5.74) is 1.66. The summed E-state index contributed by atoms with van der Waals surface area (Å²) in [4.78, 5) is 57.6. The first-order valence-corrected chi connectivity index (χ1v) is 37.3. The summed E-state index contributed by atoms with van der Waals surface area (Å²) >= 11 is 0. The van der Waals surface area contributed by atoms with Crippen LogP contribution >= 0.6 is 0 Å². The molecule has 4 aromatic carbocycles. The van der Waals surface area contributed by atoms with E-state index in [9.17, 15) is 73.5 Å². The highest BCUT2D eigenvalue weighted by Crippen LogP contribution is 2.44. The number of ether oxygens (including phenoxy) is 8. The highest BCUT2D eigenvalue weighted by Gasteiger charge is 2.56. The molecule has 34 heteroatoms. The second-order valence-corrected chi connectivity index (χ2v) is 29.3. The number of carboxylic acid groups (broad SMARTS) is 1. The van der Waals surface area contributed by atoms with Crippen molar-refractivity contribution in [3.05, 3.63) is 145 Å². The van der Waals surface area contributed by atoms with E-state index in [2.05, 4.69) is 36.3 Å². The number of aliphatic hydroxyl groups excluding tert-OH is 8. The molecule has 6 fully saturated rings. The van der Waals surface area contributed by atoms with Gasteiger partial charge in [-0.3, -0.25) is 9.59 Å². The standard InChI is InChI=1S/C76H91F3N10O21/c1-3-55-63(94)60(89-36-51(83-86-89)43-20-12-23-48(79)29-43)65(96)74(105-55)106-56-33-45(31-52(62(56)93)87-34-49(81-84-87)41-18-10-21-46(77)27-41)71(99)80-25-13-24-54(91)44-30-53(88-35-50(82-85-88)42-19-11-22-47(78)28-42)68(110-75-67(98)66(97)61(92)38(2)103-75)57(32-44)107-76-70(109-73(102)40-16-8-5-9-17-40)69(64(95)59(37-90)108-76)104-58(72(100)101)26-39-14-6-4-7-15-39/h5,8-12,16-23,27-29,34-36,38-39,44-45,52-53,55-70,74-76,90,92-98H,3-4,6-7,13-15,24-26,30-33,37H2,1-2H3,(H,80,99)(H,100,101)/t38?,44?,45-,52?,53+,55?,56+,57+,58-,59-,60+,61+,62?,63-,64-,65?,66-,67?,68?,69?,70?,74-,75-,76+/m0/s1. The lowest BCUT2D eigenvalue weighted by molar-refractivity contribution is -0.348. The number of halogens is 3. The van der Waals surface area contributed by atoms with Crippen LogP contribution in [0.5, 0.6) is 0 Å². The average molecular weight is 1540 g/mol. The molecule has 0 bridgehead atoms. The number of Topliss-reactive ketones (excluding diaryl/α,β-unsaturated/α-hetero) is 1. The van der Waals surface area contributed by atoms with E-state index in [0.717, 1.165) is 19.3 Å². The fourth-order valence-electron chi connectivity index (χ4n) is 15.9. The fraction of sp³-hybridized carbons (Fsp3) is 0.553. The number of benzene rings is 4. The number of ketones is 1. The summed E-state index contributed by atoms with van der Waals surface area (Å²) in [7, 11) is 0. The molecule has 110 heavy (non-hydrogen) atoms. The number of amides is 1. The average Bonchev–Trinajstić information content (AvgIpc) is 1.17. The molecular formula is C76H91F3N10O21. The zero-order chi connectivity index (χ0) is 77.6. The van der Waals surface area contributed by atoms with Gasteiger partial charge in [0.15, 0.2) is 31.1 Å². The van der Waals surface area contributed by atoms with Gasteiger partial charge in [-0.05, 0) is 106 Å². The third-order valence-electron chi connectivity index (χ3n) is 21.9. The van der Waals surface area contributed by atoms with Crippen molar-refractivity contribution in [2.75, 3.05) is 13.2 Å². The van der Waals surface area contributed by atoms with E-state index in [4.69, 9.17) is 37.9 Å². The van der Waals surface area contributed by atoms with Crippen molar-refractivity contribution < 1.29 is 116 Å². The summed E-state index contributed by atoms with van der Waals surface area (Å²) in [6, 6.07) is 20.8. The Bertz CT molecular complexity index is 4250. The smallest absolute Gasteiger partial charge is 0.338 e. The highest BCUT2D eigenvalue weighted by atomic mass is 19.1. The zero-order valence-corrected chi connectivity index (χ0v) is 60.2. The van der Waals surface area contributed by atoms with Gasteiger partial charge in [-0.2, -0.15) is 0 Å². The van der Waals surface area contributed by atoms with E-state index in [1.807, 2.05) is 0 Å². The minimum atomic E-state index is -1.93. The quantitative estimate of drug-likeness (QED) is 0.0250. The minimum Gasteiger partial charge on any atom is -0.479 e. The number of aliphatic hydroxyl groups is 8. The number of aliphatic carboxylic acids is 1. The van der Waals surface area contributed by atoms with E-state index in [1.165, 1.54) is 106 Å². The van der Waals surface area contributed by atoms with Crippen LogP contribution in [0.25, 0.3) is 33.8 Å². The molecule has 3 aliphatic carbocycles. The highest BCUT2D eigenvalue weighted by molar-refractivity contribution is 5.89. The van der Waals surface area contributed by atoms with Crippen molar-refractivity contribution in [2.45, 2.75) is 232 Å². The van der Waals surface area contributed by atoms with Crippen LogP contribution in [0.4, 0.5) is 13.2 Å². The fourth-order valence-corrected chi connectivity index (χ4v) is 15.9. The number of hydrogen-bond donors (Lipinski definition) is 10. The molecule has 6 heterocycles. The van der Waals surface area contributed by atoms with E-state index >= 15 is 4.79 Å². The molecule has 0 radical (unpaired) electrons. The Kier molecular flexibility index (Phi) is 25.7. The molecule has 592 valence electrons. The van der Waals surface area contributed by atoms with Crippen molar-refractivity contribution in [2.24, 2.45) is 17.8 Å². The maximum absolute atomic E-state index is 15.3. The van der Waals surface area contributed by atoms with Crippen molar-refractivity contribution in [3.63, 3.8) is 0 Å². The lowest BCUT2D eigenvalue weighted by atomic mass is 9.78. The van der Waals surface area contributed by atoms with Crippen LogP contribution in [0.2, 0.25) is 0 Å². The van der Waals surface area contributed by atoms with E-state index < -0.39 is 194 Å². The van der Waals surface area contributed by atoms with Gasteiger partial charge >= 0.3 is 11.9 Å². The van der Waals surface area contributed by atoms with Gasteiger partial charge in [-0.25, -0.2) is 36.8 Å². The van der Waals surface area contributed by atoms with Crippen LogP contribution in [0.15, 0.2) is 122 Å². The number of nitrogens with one attached hydrogen (secondary N) is 1. The van der Waals surface area contributed by atoms with Crippen LogP contribution in [-0.4, -0.2) is 244 Å². The molecular weight excluding hydrogens is 1450 g/mol. The van der Waals surface area contributed by atoms with Crippen LogP contribution in [0.1, 0.15) is 126 Å². The predicted molar refractivity (Wildman–Crippen MR) is 375 cm³/mol. The maximum Gasteiger partial charge on any atom is 0.338 e. The number of rotatable bonds is 27. The topological polar surface area (TPSA) is 428 Å². The van der Waals surface area contributed by atoms with Gasteiger partial charge in [0.2, 0.25) is 5.91 Å². The Hall–Kier alpha value is -8.43. The summed E-state index contributed by atoms with van der Waals surface area (Å²) < 4.78 is 98.9. The number of carboxylic acids is 1.